The highest BCUT2D eigenvalue weighted by molar-refractivity contribution is 5.96. The van der Waals surface area contributed by atoms with E-state index in [1.165, 1.54) is 0 Å². The Kier molecular flexibility index (Phi) is 3.98. The Morgan fingerprint density at radius 2 is 2.07 bits per heavy atom. The van der Waals surface area contributed by atoms with Crippen molar-refractivity contribution in [2.24, 2.45) is 0 Å². The van der Waals surface area contributed by atoms with Crippen LogP contribution in [0.1, 0.15) is 36.9 Å². The normalized spacial score (nSPS) is 12.9. The Balaban J connectivity index is 1.88. The van der Waals surface area contributed by atoms with Crippen molar-refractivity contribution < 1.29 is 9.32 Å². The zero-order valence-corrected chi connectivity index (χ0v) is 16.1. The standard InChI is InChI=1S/C19H22N6O2/c1-11(2)18-21-17(22-27-18)15-14-9-24(19(26)23(4)5)16-12(3)7-6-8-13(16)25(14)10-20-15/h6-8,10-11H,9H2,1-5H3. The Morgan fingerprint density at radius 1 is 1.30 bits per heavy atom. The van der Waals surface area contributed by atoms with Gasteiger partial charge in [-0.15, -0.1) is 0 Å². The van der Waals surface area contributed by atoms with Crippen molar-refractivity contribution in [2.45, 2.75) is 33.2 Å². The quantitative estimate of drug-likeness (QED) is 0.695. The number of benzene rings is 1. The number of amides is 2. The number of aromatic nitrogens is 4. The first kappa shape index (κ1) is 17.3. The second-order valence-corrected chi connectivity index (χ2v) is 7.23. The second kappa shape index (κ2) is 6.22. The molecule has 1 aliphatic heterocycles. The third-order valence-corrected chi connectivity index (χ3v) is 4.68. The lowest BCUT2D eigenvalue weighted by Gasteiger charge is -2.33. The van der Waals surface area contributed by atoms with Crippen molar-refractivity contribution in [2.75, 3.05) is 19.0 Å². The third kappa shape index (κ3) is 2.68. The van der Waals surface area contributed by atoms with E-state index < -0.39 is 0 Å². The maximum absolute atomic E-state index is 12.9. The molecule has 0 radical (unpaired) electrons. The molecule has 0 atom stereocenters. The minimum atomic E-state index is -0.0834. The van der Waals surface area contributed by atoms with E-state index in [0.717, 1.165) is 22.6 Å². The first-order valence-electron chi connectivity index (χ1n) is 8.87. The van der Waals surface area contributed by atoms with Crippen LogP contribution in [0.5, 0.6) is 0 Å². The van der Waals surface area contributed by atoms with Crippen molar-refractivity contribution in [3.63, 3.8) is 0 Å². The topological polar surface area (TPSA) is 80.3 Å². The number of fused-ring (bicyclic) bond motifs is 3. The van der Waals surface area contributed by atoms with Gasteiger partial charge in [0.15, 0.2) is 0 Å². The minimum absolute atomic E-state index is 0.0834. The number of rotatable bonds is 2. The SMILES string of the molecule is Cc1cccc2c1N(C(=O)N(C)C)Cc1c(-c3noc(C(C)C)n3)ncn1-2. The number of hydrogen-bond donors (Lipinski definition) is 0. The molecule has 2 amide bonds. The van der Waals surface area contributed by atoms with Gasteiger partial charge in [0.25, 0.3) is 0 Å². The van der Waals surface area contributed by atoms with Gasteiger partial charge >= 0.3 is 6.03 Å². The van der Waals surface area contributed by atoms with E-state index in [2.05, 4.69) is 15.1 Å². The van der Waals surface area contributed by atoms with Gasteiger partial charge in [0.1, 0.15) is 12.0 Å². The molecule has 27 heavy (non-hydrogen) atoms. The van der Waals surface area contributed by atoms with Gasteiger partial charge in [-0.2, -0.15) is 4.98 Å². The number of urea groups is 1. The molecule has 0 aliphatic carbocycles. The number of para-hydroxylation sites is 1. The van der Waals surface area contributed by atoms with E-state index in [9.17, 15) is 4.79 Å². The number of nitrogens with zero attached hydrogens (tertiary/aromatic N) is 6. The fourth-order valence-electron chi connectivity index (χ4n) is 3.31. The molecule has 8 heteroatoms. The van der Waals surface area contributed by atoms with Crippen LogP contribution in [0, 0.1) is 6.92 Å². The predicted molar refractivity (Wildman–Crippen MR) is 101 cm³/mol. The van der Waals surface area contributed by atoms with Crippen molar-refractivity contribution in [1.82, 2.24) is 24.6 Å². The average Bonchev–Trinajstić information content (AvgIpc) is 3.27. The monoisotopic (exact) mass is 366 g/mol. The smallest absolute Gasteiger partial charge is 0.324 e. The molecule has 0 saturated carbocycles. The zero-order valence-electron chi connectivity index (χ0n) is 16.1. The fourth-order valence-corrected chi connectivity index (χ4v) is 3.31. The molecule has 1 aromatic carbocycles. The predicted octanol–water partition coefficient (Wildman–Crippen LogP) is 3.36. The highest BCUT2D eigenvalue weighted by Gasteiger charge is 2.32. The molecular weight excluding hydrogens is 344 g/mol. The molecule has 0 fully saturated rings. The third-order valence-electron chi connectivity index (χ3n) is 4.68. The number of aryl methyl sites for hydroxylation is 1. The first-order chi connectivity index (χ1) is 12.9. The summed E-state index contributed by atoms with van der Waals surface area (Å²) < 4.78 is 7.35. The summed E-state index contributed by atoms with van der Waals surface area (Å²) in [6.07, 6.45) is 1.76. The van der Waals surface area contributed by atoms with Crippen LogP contribution in [0.3, 0.4) is 0 Å². The molecule has 2 aromatic heterocycles. The molecule has 0 saturated heterocycles. The van der Waals surface area contributed by atoms with Gasteiger partial charge in [-0.05, 0) is 18.6 Å². The van der Waals surface area contributed by atoms with Gasteiger partial charge in [0.2, 0.25) is 11.7 Å². The van der Waals surface area contributed by atoms with Gasteiger partial charge in [-0.1, -0.05) is 31.1 Å². The molecule has 1 aliphatic rings. The van der Waals surface area contributed by atoms with Gasteiger partial charge in [0.05, 0.1) is 23.6 Å². The summed E-state index contributed by atoms with van der Waals surface area (Å²) in [4.78, 5) is 25.2. The van der Waals surface area contributed by atoms with Crippen LogP contribution in [0.25, 0.3) is 17.2 Å². The minimum Gasteiger partial charge on any atom is -0.339 e. The van der Waals surface area contributed by atoms with E-state index in [1.807, 2.05) is 43.5 Å². The Labute approximate surface area is 157 Å². The second-order valence-electron chi connectivity index (χ2n) is 7.23. The molecular formula is C19H22N6O2. The van der Waals surface area contributed by atoms with Crippen molar-refractivity contribution in [3.8, 4) is 17.2 Å². The Bertz CT molecular complexity index is 1020. The Hall–Kier alpha value is -3.16. The Morgan fingerprint density at radius 3 is 2.74 bits per heavy atom. The number of anilines is 1. The molecule has 140 valence electrons. The van der Waals surface area contributed by atoms with Crippen LogP contribution in [0.2, 0.25) is 0 Å². The van der Waals surface area contributed by atoms with Crippen LogP contribution in [-0.2, 0) is 6.54 Å². The van der Waals surface area contributed by atoms with Gasteiger partial charge in [-0.3, -0.25) is 9.47 Å². The van der Waals surface area contributed by atoms with E-state index >= 15 is 0 Å². The lowest BCUT2D eigenvalue weighted by molar-refractivity contribution is 0.223. The van der Waals surface area contributed by atoms with E-state index in [4.69, 9.17) is 4.52 Å². The molecule has 0 N–H and O–H groups in total. The van der Waals surface area contributed by atoms with Crippen molar-refractivity contribution >= 4 is 11.7 Å². The lowest BCUT2D eigenvalue weighted by Crippen LogP contribution is -2.42. The van der Waals surface area contributed by atoms with Crippen LogP contribution in [0.4, 0.5) is 10.5 Å². The molecule has 0 bridgehead atoms. The summed E-state index contributed by atoms with van der Waals surface area (Å²) in [5, 5.41) is 4.09. The lowest BCUT2D eigenvalue weighted by atomic mass is 10.1. The molecule has 3 heterocycles. The summed E-state index contributed by atoms with van der Waals surface area (Å²) in [7, 11) is 3.50. The molecule has 3 aromatic rings. The maximum atomic E-state index is 12.9. The molecule has 4 rings (SSSR count). The molecule has 0 spiro atoms. The highest BCUT2D eigenvalue weighted by Crippen LogP contribution is 2.38. The van der Waals surface area contributed by atoms with Crippen LogP contribution < -0.4 is 4.90 Å². The zero-order chi connectivity index (χ0) is 19.3. The number of imidazole rings is 1. The van der Waals surface area contributed by atoms with Crippen LogP contribution in [0.15, 0.2) is 29.0 Å². The van der Waals surface area contributed by atoms with Gasteiger partial charge < -0.3 is 9.42 Å². The van der Waals surface area contributed by atoms with E-state index in [1.54, 1.807) is 30.2 Å². The first-order valence-corrected chi connectivity index (χ1v) is 8.87. The molecule has 8 nitrogen and oxygen atoms in total. The van der Waals surface area contributed by atoms with Crippen LogP contribution >= 0.6 is 0 Å². The summed E-state index contributed by atoms with van der Waals surface area (Å²) in [5.41, 5.74) is 4.33. The number of hydrogen-bond acceptors (Lipinski definition) is 5. The van der Waals surface area contributed by atoms with Crippen molar-refractivity contribution in [3.05, 3.63) is 41.7 Å². The summed E-state index contributed by atoms with van der Waals surface area (Å²) in [5.74, 6) is 1.15. The van der Waals surface area contributed by atoms with E-state index in [0.29, 0.717) is 24.0 Å². The summed E-state index contributed by atoms with van der Waals surface area (Å²) in [6.45, 7) is 6.38. The van der Waals surface area contributed by atoms with Crippen molar-refractivity contribution in [1.29, 1.82) is 0 Å². The average molecular weight is 366 g/mol. The van der Waals surface area contributed by atoms with Gasteiger partial charge in [0, 0.05) is 20.0 Å². The summed E-state index contributed by atoms with van der Waals surface area (Å²) >= 11 is 0. The fraction of sp³-hybridized carbons (Fsp3) is 0.368. The van der Waals surface area contributed by atoms with Gasteiger partial charge in [-0.25, -0.2) is 9.78 Å². The van der Waals surface area contributed by atoms with Crippen LogP contribution in [-0.4, -0.2) is 44.7 Å². The maximum Gasteiger partial charge on any atom is 0.324 e. The summed E-state index contributed by atoms with van der Waals surface area (Å²) in [6, 6.07) is 5.89. The highest BCUT2D eigenvalue weighted by atomic mass is 16.5. The molecule has 0 unspecified atom stereocenters. The number of carbonyl (C=O) groups is 1. The van der Waals surface area contributed by atoms with E-state index in [-0.39, 0.29) is 11.9 Å². The number of carbonyl (C=O) groups excluding carboxylic acids is 1. The largest absolute Gasteiger partial charge is 0.339 e.